The number of ether oxygens (including phenoxy) is 2. The van der Waals surface area contributed by atoms with Gasteiger partial charge in [-0.1, -0.05) is 20.8 Å². The van der Waals surface area contributed by atoms with Crippen molar-refractivity contribution in [1.82, 2.24) is 9.97 Å². The van der Waals surface area contributed by atoms with Crippen molar-refractivity contribution in [3.05, 3.63) is 11.9 Å². The molecule has 5 heteroatoms. The number of aromatic nitrogens is 2. The van der Waals surface area contributed by atoms with Crippen LogP contribution in [0.25, 0.3) is 0 Å². The molecule has 18 heavy (non-hydrogen) atoms. The summed E-state index contributed by atoms with van der Waals surface area (Å²) < 4.78 is 10.2. The summed E-state index contributed by atoms with van der Waals surface area (Å²) in [7, 11) is 1.52. The third kappa shape index (κ3) is 4.87. The van der Waals surface area contributed by atoms with Crippen LogP contribution in [-0.4, -0.2) is 36.1 Å². The summed E-state index contributed by atoms with van der Waals surface area (Å²) in [6.07, 6.45) is 2.93. The molecule has 0 aromatic carbocycles. The molecule has 0 radical (unpaired) electrons. The van der Waals surface area contributed by atoms with Crippen molar-refractivity contribution in [1.29, 1.82) is 0 Å². The standard InChI is InChI=1S/C13H22N2O3/c1-13(2,3)11-8-14-12(15-11)18-7-5-6-10(16)9-17-4/h8H,5-7,9H2,1-4H3,(H,14,15). The maximum absolute atomic E-state index is 11.2. The maximum atomic E-state index is 11.2. The second-order valence-electron chi connectivity index (χ2n) is 5.28. The molecule has 0 aliphatic rings. The number of hydrogen-bond acceptors (Lipinski definition) is 4. The first-order valence-corrected chi connectivity index (χ1v) is 6.12. The Kier molecular flexibility index (Phi) is 5.34. The number of nitrogens with zero attached hydrogens (tertiary/aromatic N) is 1. The van der Waals surface area contributed by atoms with Gasteiger partial charge in [-0.15, -0.1) is 0 Å². The van der Waals surface area contributed by atoms with E-state index in [4.69, 9.17) is 9.47 Å². The van der Waals surface area contributed by atoms with Gasteiger partial charge >= 0.3 is 0 Å². The molecule has 0 saturated carbocycles. The molecule has 5 nitrogen and oxygen atoms in total. The van der Waals surface area contributed by atoms with Gasteiger partial charge in [0.15, 0.2) is 5.78 Å². The van der Waals surface area contributed by atoms with Crippen LogP contribution in [0, 0.1) is 0 Å². The van der Waals surface area contributed by atoms with E-state index in [1.165, 1.54) is 7.11 Å². The fourth-order valence-corrected chi connectivity index (χ4v) is 1.43. The zero-order valence-corrected chi connectivity index (χ0v) is 11.6. The van der Waals surface area contributed by atoms with E-state index in [2.05, 4.69) is 30.7 Å². The SMILES string of the molecule is COCC(=O)CCCOc1ncc(C(C)(C)C)[nH]1. The molecule has 0 unspecified atom stereocenters. The molecular formula is C13H22N2O3. The van der Waals surface area contributed by atoms with Crippen LogP contribution in [-0.2, 0) is 14.9 Å². The first-order valence-electron chi connectivity index (χ1n) is 6.12. The van der Waals surface area contributed by atoms with E-state index in [1.807, 2.05) is 0 Å². The van der Waals surface area contributed by atoms with E-state index in [9.17, 15) is 4.79 Å². The lowest BCUT2D eigenvalue weighted by molar-refractivity contribution is -0.122. The highest BCUT2D eigenvalue weighted by Crippen LogP contribution is 2.21. The van der Waals surface area contributed by atoms with Gasteiger partial charge in [-0.25, -0.2) is 4.98 Å². The zero-order chi connectivity index (χ0) is 13.6. The van der Waals surface area contributed by atoms with Crippen LogP contribution in [0.5, 0.6) is 6.01 Å². The van der Waals surface area contributed by atoms with Crippen LogP contribution in [0.4, 0.5) is 0 Å². The van der Waals surface area contributed by atoms with Crippen molar-refractivity contribution in [3.8, 4) is 6.01 Å². The Morgan fingerprint density at radius 3 is 2.72 bits per heavy atom. The lowest BCUT2D eigenvalue weighted by Gasteiger charge is -2.14. The molecule has 0 aliphatic carbocycles. The number of hydrogen-bond donors (Lipinski definition) is 1. The quantitative estimate of drug-likeness (QED) is 0.757. The summed E-state index contributed by atoms with van der Waals surface area (Å²) >= 11 is 0. The molecule has 1 aromatic rings. The van der Waals surface area contributed by atoms with Crippen LogP contribution in [0.3, 0.4) is 0 Å². The van der Waals surface area contributed by atoms with Gasteiger partial charge < -0.3 is 14.5 Å². The molecule has 0 saturated heterocycles. The Labute approximate surface area is 108 Å². The Balaban J connectivity index is 2.28. The Morgan fingerprint density at radius 1 is 1.44 bits per heavy atom. The predicted octanol–water partition coefficient (Wildman–Crippen LogP) is 2.08. The summed E-state index contributed by atoms with van der Waals surface area (Å²) in [5.74, 6) is 0.0934. The summed E-state index contributed by atoms with van der Waals surface area (Å²) in [5, 5.41) is 0. The van der Waals surface area contributed by atoms with Gasteiger partial charge in [-0.3, -0.25) is 4.79 Å². The molecule has 1 N–H and O–H groups in total. The third-order valence-electron chi connectivity index (χ3n) is 2.50. The minimum atomic E-state index is 0.0308. The summed E-state index contributed by atoms with van der Waals surface area (Å²) in [4.78, 5) is 18.5. The van der Waals surface area contributed by atoms with Gasteiger partial charge in [0.1, 0.15) is 6.61 Å². The van der Waals surface area contributed by atoms with Crippen LogP contribution >= 0.6 is 0 Å². The lowest BCUT2D eigenvalue weighted by Crippen LogP contribution is -2.11. The smallest absolute Gasteiger partial charge is 0.293 e. The topological polar surface area (TPSA) is 64.2 Å². The number of carbonyl (C=O) groups is 1. The molecule has 0 amide bonds. The average molecular weight is 254 g/mol. The second-order valence-corrected chi connectivity index (χ2v) is 5.28. The van der Waals surface area contributed by atoms with Crippen molar-refractivity contribution in [2.75, 3.05) is 20.3 Å². The van der Waals surface area contributed by atoms with Gasteiger partial charge in [0, 0.05) is 24.6 Å². The second kappa shape index (κ2) is 6.54. The normalized spacial score (nSPS) is 11.6. The summed E-state index contributed by atoms with van der Waals surface area (Å²) in [5.41, 5.74) is 1.07. The van der Waals surface area contributed by atoms with E-state index < -0.39 is 0 Å². The van der Waals surface area contributed by atoms with Crippen LogP contribution in [0.2, 0.25) is 0 Å². The molecule has 1 rings (SSSR count). The predicted molar refractivity (Wildman–Crippen MR) is 68.9 cm³/mol. The van der Waals surface area contributed by atoms with Crippen molar-refractivity contribution in [3.63, 3.8) is 0 Å². The van der Waals surface area contributed by atoms with Gasteiger partial charge in [-0.2, -0.15) is 0 Å². The fourth-order valence-electron chi connectivity index (χ4n) is 1.43. The van der Waals surface area contributed by atoms with Crippen molar-refractivity contribution >= 4 is 5.78 Å². The Morgan fingerprint density at radius 2 is 2.17 bits per heavy atom. The van der Waals surface area contributed by atoms with Crippen molar-refractivity contribution in [2.45, 2.75) is 39.0 Å². The number of imidazole rings is 1. The molecule has 0 fully saturated rings. The highest BCUT2D eigenvalue weighted by atomic mass is 16.5. The van der Waals surface area contributed by atoms with Crippen LogP contribution < -0.4 is 4.74 Å². The molecule has 1 aromatic heterocycles. The number of methoxy groups -OCH3 is 1. The number of carbonyl (C=O) groups excluding carboxylic acids is 1. The molecule has 0 aliphatic heterocycles. The van der Waals surface area contributed by atoms with Gasteiger partial charge in [-0.05, 0) is 6.42 Å². The third-order valence-corrected chi connectivity index (χ3v) is 2.50. The number of Topliss-reactive ketones (excluding diaryl/α,β-unsaturated/α-hetero) is 1. The van der Waals surface area contributed by atoms with E-state index in [-0.39, 0.29) is 17.8 Å². The first-order chi connectivity index (χ1) is 8.43. The van der Waals surface area contributed by atoms with Gasteiger partial charge in [0.2, 0.25) is 0 Å². The molecule has 0 atom stereocenters. The van der Waals surface area contributed by atoms with Gasteiger partial charge in [0.05, 0.1) is 12.8 Å². The molecule has 0 bridgehead atoms. The largest absolute Gasteiger partial charge is 0.465 e. The summed E-state index contributed by atoms with van der Waals surface area (Å²) in [6.45, 7) is 6.97. The minimum Gasteiger partial charge on any atom is -0.465 e. The summed E-state index contributed by atoms with van der Waals surface area (Å²) in [6, 6.07) is 0.513. The average Bonchev–Trinajstić information content (AvgIpc) is 2.73. The first kappa shape index (κ1) is 14.7. The Bertz CT molecular complexity index is 380. The molecule has 102 valence electrons. The highest BCUT2D eigenvalue weighted by molar-refractivity contribution is 5.79. The fraction of sp³-hybridized carbons (Fsp3) is 0.692. The number of H-pyrrole nitrogens is 1. The molecule has 1 heterocycles. The van der Waals surface area contributed by atoms with E-state index in [1.54, 1.807) is 6.20 Å². The van der Waals surface area contributed by atoms with E-state index in [0.29, 0.717) is 25.5 Å². The maximum Gasteiger partial charge on any atom is 0.293 e. The van der Waals surface area contributed by atoms with E-state index in [0.717, 1.165) is 5.69 Å². The van der Waals surface area contributed by atoms with Crippen molar-refractivity contribution < 1.29 is 14.3 Å². The number of rotatable bonds is 7. The minimum absolute atomic E-state index is 0.0308. The molecular weight excluding hydrogens is 232 g/mol. The monoisotopic (exact) mass is 254 g/mol. The van der Waals surface area contributed by atoms with Crippen LogP contribution in [0.1, 0.15) is 39.3 Å². The van der Waals surface area contributed by atoms with Gasteiger partial charge in [0.25, 0.3) is 6.01 Å². The van der Waals surface area contributed by atoms with Crippen LogP contribution in [0.15, 0.2) is 6.20 Å². The van der Waals surface area contributed by atoms with E-state index >= 15 is 0 Å². The lowest BCUT2D eigenvalue weighted by atomic mass is 9.93. The highest BCUT2D eigenvalue weighted by Gasteiger charge is 2.16. The zero-order valence-electron chi connectivity index (χ0n) is 11.6. The van der Waals surface area contributed by atoms with Crippen molar-refractivity contribution in [2.24, 2.45) is 0 Å². The Hall–Kier alpha value is -1.36. The number of aromatic amines is 1. The number of ketones is 1. The number of nitrogens with one attached hydrogen (secondary N) is 1. The molecule has 0 spiro atoms.